The number of hydrogen-bond acceptors (Lipinski definition) is 3. The molecule has 3 nitrogen and oxygen atoms in total. The highest BCUT2D eigenvalue weighted by molar-refractivity contribution is 6.11. The fourth-order valence-electron chi connectivity index (χ4n) is 2.18. The summed E-state index contributed by atoms with van der Waals surface area (Å²) in [6, 6.07) is 10.8. The lowest BCUT2D eigenvalue weighted by Crippen LogP contribution is -2.02. The number of benzene rings is 2. The van der Waals surface area contributed by atoms with Crippen LogP contribution in [0.5, 0.6) is 11.5 Å². The summed E-state index contributed by atoms with van der Waals surface area (Å²) in [6.45, 7) is 1.87. The highest BCUT2D eigenvalue weighted by atomic mass is 16.5. The van der Waals surface area contributed by atoms with E-state index in [0.717, 1.165) is 5.56 Å². The number of carbonyl (C=O) groups excluding carboxylic acids is 1. The van der Waals surface area contributed by atoms with E-state index in [2.05, 4.69) is 17.8 Å². The molecule has 0 saturated heterocycles. The zero-order chi connectivity index (χ0) is 16.8. The second-order valence-corrected chi connectivity index (χ2v) is 4.81. The number of Topliss-reactive ketones (excluding diaryl/α,β-unsaturated/α-hetero) is 1. The molecule has 0 radical (unpaired) electrons. The minimum atomic E-state index is -0.356. The summed E-state index contributed by atoms with van der Waals surface area (Å²) in [7, 11) is 3.08. The normalized spacial score (nSPS) is 9.30. The number of hydrogen-bond donors (Lipinski definition) is 0. The molecule has 2 aromatic carbocycles. The van der Waals surface area contributed by atoms with Gasteiger partial charge in [-0.1, -0.05) is 24.0 Å². The molecule has 0 N–H and O–H groups in total. The van der Waals surface area contributed by atoms with Crippen LogP contribution in [0, 0.1) is 31.1 Å². The summed E-state index contributed by atoms with van der Waals surface area (Å²) >= 11 is 0. The molecule has 0 amide bonds. The molecule has 3 heteroatoms. The lowest BCUT2D eigenvalue weighted by atomic mass is 10.00. The molecule has 0 bridgehead atoms. The fraction of sp³-hybridized carbons (Fsp3) is 0.150. The maximum absolute atomic E-state index is 12.5. The van der Waals surface area contributed by atoms with Crippen LogP contribution in [-0.4, -0.2) is 20.0 Å². The average Bonchev–Trinajstić information content (AvgIpc) is 2.58. The number of rotatable bonds is 3. The lowest BCUT2D eigenvalue weighted by molar-refractivity contribution is 0.105. The van der Waals surface area contributed by atoms with Crippen LogP contribution >= 0.6 is 0 Å². The van der Waals surface area contributed by atoms with Crippen LogP contribution in [0.15, 0.2) is 36.4 Å². The maximum atomic E-state index is 12.5. The van der Waals surface area contributed by atoms with Gasteiger partial charge in [0.15, 0.2) is 0 Å². The zero-order valence-corrected chi connectivity index (χ0v) is 13.3. The van der Waals surface area contributed by atoms with Gasteiger partial charge in [-0.05, 0) is 42.7 Å². The van der Waals surface area contributed by atoms with Crippen molar-refractivity contribution >= 4 is 5.78 Å². The molecule has 0 aromatic heterocycles. The molecule has 0 fully saturated rings. The van der Waals surface area contributed by atoms with E-state index in [1.54, 1.807) is 31.4 Å². The molecule has 0 heterocycles. The van der Waals surface area contributed by atoms with E-state index in [0.29, 0.717) is 28.2 Å². The molecule has 0 saturated carbocycles. The molecule has 0 aliphatic rings. The van der Waals surface area contributed by atoms with Crippen LogP contribution in [0.2, 0.25) is 0 Å². The van der Waals surface area contributed by atoms with Crippen molar-refractivity contribution in [2.24, 2.45) is 0 Å². The molecule has 2 aromatic rings. The minimum absolute atomic E-state index is 0.356. The van der Waals surface area contributed by atoms with E-state index < -0.39 is 0 Å². The molecule has 0 spiro atoms. The first-order valence-electron chi connectivity index (χ1n) is 6.95. The van der Waals surface area contributed by atoms with E-state index in [4.69, 9.17) is 15.9 Å². The van der Waals surface area contributed by atoms with Gasteiger partial charge in [0.05, 0.1) is 30.9 Å². The summed E-state index contributed by atoms with van der Waals surface area (Å²) in [5.74, 6) is 8.72. The molecule has 0 unspecified atom stereocenters. The van der Waals surface area contributed by atoms with Crippen LogP contribution in [0.1, 0.15) is 27.0 Å². The van der Waals surface area contributed by atoms with Gasteiger partial charge in [-0.25, -0.2) is 0 Å². The van der Waals surface area contributed by atoms with Crippen molar-refractivity contribution in [1.29, 1.82) is 0 Å². The predicted molar refractivity (Wildman–Crippen MR) is 89.9 cm³/mol. The second kappa shape index (κ2) is 7.20. The first-order valence-corrected chi connectivity index (χ1v) is 6.95. The third-order valence-electron chi connectivity index (χ3n) is 3.27. The Morgan fingerprint density at radius 1 is 1.09 bits per heavy atom. The van der Waals surface area contributed by atoms with Gasteiger partial charge in [0.25, 0.3) is 0 Å². The van der Waals surface area contributed by atoms with Gasteiger partial charge in [0.1, 0.15) is 11.5 Å². The number of aryl methyl sites for hydroxylation is 1. The Bertz CT molecular complexity index is 845. The van der Waals surface area contributed by atoms with Gasteiger partial charge in [0.2, 0.25) is 5.78 Å². The van der Waals surface area contributed by atoms with E-state index >= 15 is 0 Å². The quantitative estimate of drug-likeness (QED) is 0.645. The number of terminal acetylenes is 1. The minimum Gasteiger partial charge on any atom is -0.495 e. The van der Waals surface area contributed by atoms with Crippen molar-refractivity contribution in [3.63, 3.8) is 0 Å². The zero-order valence-electron chi connectivity index (χ0n) is 13.3. The number of carbonyl (C=O) groups is 1. The van der Waals surface area contributed by atoms with Crippen molar-refractivity contribution < 1.29 is 14.3 Å². The first kappa shape index (κ1) is 16.2. The van der Waals surface area contributed by atoms with E-state index in [-0.39, 0.29) is 5.78 Å². The summed E-state index contributed by atoms with van der Waals surface area (Å²) in [5, 5.41) is 0. The Kier molecular flexibility index (Phi) is 5.07. The fourth-order valence-corrected chi connectivity index (χ4v) is 2.18. The Morgan fingerprint density at radius 3 is 2.43 bits per heavy atom. The molecule has 114 valence electrons. The van der Waals surface area contributed by atoms with Crippen LogP contribution in [0.4, 0.5) is 0 Å². The van der Waals surface area contributed by atoms with Crippen molar-refractivity contribution in [1.82, 2.24) is 0 Å². The van der Waals surface area contributed by atoms with Crippen LogP contribution in [-0.2, 0) is 0 Å². The largest absolute Gasteiger partial charge is 0.495 e. The van der Waals surface area contributed by atoms with Crippen LogP contribution < -0.4 is 9.47 Å². The number of methoxy groups -OCH3 is 2. The van der Waals surface area contributed by atoms with Gasteiger partial charge >= 0.3 is 0 Å². The number of para-hydroxylation sites is 1. The van der Waals surface area contributed by atoms with E-state index in [1.807, 2.05) is 19.1 Å². The van der Waals surface area contributed by atoms with E-state index in [1.165, 1.54) is 7.11 Å². The van der Waals surface area contributed by atoms with Gasteiger partial charge < -0.3 is 9.47 Å². The molecule has 23 heavy (non-hydrogen) atoms. The summed E-state index contributed by atoms with van der Waals surface area (Å²) in [6.07, 6.45) is 5.52. The Morgan fingerprint density at radius 2 is 1.78 bits per heavy atom. The number of ketones is 1. The smallest absolute Gasteiger partial charge is 0.237 e. The molecular weight excluding hydrogens is 288 g/mol. The van der Waals surface area contributed by atoms with E-state index in [9.17, 15) is 4.79 Å². The van der Waals surface area contributed by atoms with Gasteiger partial charge in [-0.2, -0.15) is 0 Å². The molecule has 0 aliphatic carbocycles. The lowest BCUT2D eigenvalue weighted by Gasteiger charge is -2.08. The first-order chi connectivity index (χ1) is 11.1. The second-order valence-electron chi connectivity index (χ2n) is 4.81. The van der Waals surface area contributed by atoms with Crippen molar-refractivity contribution in [3.05, 3.63) is 58.7 Å². The molecule has 0 aliphatic heterocycles. The standard InChI is InChI=1S/C20H16O3/c1-5-16-17(12-14(2)13-20(16)23-4)18(21)11-10-15-8-6-7-9-19(15)22-3/h1,6-9,12-13H,2-4H3. The summed E-state index contributed by atoms with van der Waals surface area (Å²) in [4.78, 5) is 12.5. The van der Waals surface area contributed by atoms with Crippen molar-refractivity contribution in [2.75, 3.05) is 14.2 Å². The Hall–Kier alpha value is -3.17. The highest BCUT2D eigenvalue weighted by Gasteiger charge is 2.14. The predicted octanol–water partition coefficient (Wildman–Crippen LogP) is 3.23. The summed E-state index contributed by atoms with van der Waals surface area (Å²) < 4.78 is 10.5. The molecule has 2 rings (SSSR count). The number of ether oxygens (including phenoxy) is 2. The van der Waals surface area contributed by atoms with Crippen LogP contribution in [0.25, 0.3) is 0 Å². The van der Waals surface area contributed by atoms with Gasteiger partial charge in [-0.3, -0.25) is 4.79 Å². The topological polar surface area (TPSA) is 35.5 Å². The monoisotopic (exact) mass is 304 g/mol. The molecule has 0 atom stereocenters. The van der Waals surface area contributed by atoms with Gasteiger partial charge in [-0.15, -0.1) is 6.42 Å². The SMILES string of the molecule is C#Cc1c(OC)cc(C)cc1C(=O)C#Cc1ccccc1OC. The molecular formula is C20H16O3. The highest BCUT2D eigenvalue weighted by Crippen LogP contribution is 2.24. The average molecular weight is 304 g/mol. The Labute approximate surface area is 136 Å². The third-order valence-corrected chi connectivity index (χ3v) is 3.27. The van der Waals surface area contributed by atoms with Crippen molar-refractivity contribution in [3.8, 4) is 35.7 Å². The van der Waals surface area contributed by atoms with Crippen molar-refractivity contribution in [2.45, 2.75) is 6.92 Å². The maximum Gasteiger partial charge on any atom is 0.237 e. The Balaban J connectivity index is 2.46. The van der Waals surface area contributed by atoms with Crippen LogP contribution in [0.3, 0.4) is 0 Å². The summed E-state index contributed by atoms with van der Waals surface area (Å²) in [5.41, 5.74) is 2.30. The van der Waals surface area contributed by atoms with Gasteiger partial charge in [0, 0.05) is 0 Å². The third kappa shape index (κ3) is 3.54.